The van der Waals surface area contributed by atoms with Gasteiger partial charge in [0.25, 0.3) is 0 Å². The summed E-state index contributed by atoms with van der Waals surface area (Å²) in [6, 6.07) is 11.8. The van der Waals surface area contributed by atoms with E-state index in [2.05, 4.69) is 23.2 Å². The van der Waals surface area contributed by atoms with Crippen LogP contribution in [0.15, 0.2) is 30.3 Å². The van der Waals surface area contributed by atoms with Crippen molar-refractivity contribution < 1.29 is 4.79 Å². The molecule has 1 aromatic heterocycles. The van der Waals surface area contributed by atoms with Crippen molar-refractivity contribution in [3.8, 4) is 6.07 Å². The van der Waals surface area contributed by atoms with E-state index in [4.69, 9.17) is 4.98 Å². The molecule has 1 saturated heterocycles. The quantitative estimate of drug-likeness (QED) is 0.940. The van der Waals surface area contributed by atoms with Crippen molar-refractivity contribution in [1.29, 1.82) is 5.26 Å². The van der Waals surface area contributed by atoms with Gasteiger partial charge in [0.1, 0.15) is 5.82 Å². The number of rotatable bonds is 4. The fraction of sp³-hybridized carbons (Fsp3) is 0.421. The summed E-state index contributed by atoms with van der Waals surface area (Å²) in [5.41, 5.74) is 1.46. The van der Waals surface area contributed by atoms with Crippen molar-refractivity contribution in [2.75, 3.05) is 24.5 Å². The maximum atomic E-state index is 12.3. The van der Waals surface area contributed by atoms with Crippen molar-refractivity contribution >= 4 is 22.6 Å². The number of pyridine rings is 1. The normalized spacial score (nSPS) is 17.5. The number of para-hydroxylation sites is 1. The number of carbonyl (C=O) groups excluding carboxylic acids is 1. The maximum absolute atomic E-state index is 12.3. The summed E-state index contributed by atoms with van der Waals surface area (Å²) < 4.78 is 0. The Hall–Kier alpha value is -2.61. The summed E-state index contributed by atoms with van der Waals surface area (Å²) in [7, 11) is 0. The van der Waals surface area contributed by atoms with Gasteiger partial charge in [0.2, 0.25) is 5.91 Å². The van der Waals surface area contributed by atoms with E-state index < -0.39 is 0 Å². The minimum absolute atomic E-state index is 0.0101. The fourth-order valence-corrected chi connectivity index (χ4v) is 3.21. The standard InChI is InChI=1S/C19H22N4O/c1-2-9-21-19(24)14-6-5-10-23(13-14)18-11-15(12-20)16-7-3-4-8-17(16)22-18/h3-4,7-8,11,14H,2,5-6,9-10,13H2,1H3,(H,21,24)/t14-/m0/s1. The third-order valence-corrected chi connectivity index (χ3v) is 4.49. The number of benzene rings is 1. The second kappa shape index (κ2) is 7.31. The van der Waals surface area contributed by atoms with E-state index in [9.17, 15) is 10.1 Å². The SMILES string of the molecule is CCCNC(=O)[C@H]1CCCN(c2cc(C#N)c3ccccc3n2)C1. The van der Waals surface area contributed by atoms with E-state index in [-0.39, 0.29) is 11.8 Å². The van der Waals surface area contributed by atoms with Crippen LogP contribution in [0, 0.1) is 17.2 Å². The highest BCUT2D eigenvalue weighted by Gasteiger charge is 2.26. The first kappa shape index (κ1) is 16.3. The molecule has 1 amide bonds. The predicted molar refractivity (Wildman–Crippen MR) is 94.7 cm³/mol. The molecule has 1 aliphatic heterocycles. The summed E-state index contributed by atoms with van der Waals surface area (Å²) in [6.45, 7) is 4.30. The van der Waals surface area contributed by atoms with Crippen LogP contribution in [0.25, 0.3) is 10.9 Å². The number of hydrogen-bond acceptors (Lipinski definition) is 4. The zero-order valence-corrected chi connectivity index (χ0v) is 14.0. The van der Waals surface area contributed by atoms with Crippen LogP contribution in [-0.2, 0) is 4.79 Å². The monoisotopic (exact) mass is 322 g/mol. The van der Waals surface area contributed by atoms with Gasteiger partial charge in [-0.25, -0.2) is 4.98 Å². The van der Waals surface area contributed by atoms with Gasteiger partial charge in [-0.2, -0.15) is 5.26 Å². The van der Waals surface area contributed by atoms with Gasteiger partial charge in [0, 0.05) is 25.0 Å². The highest BCUT2D eigenvalue weighted by atomic mass is 16.1. The van der Waals surface area contributed by atoms with Crippen molar-refractivity contribution in [1.82, 2.24) is 10.3 Å². The molecule has 1 aliphatic rings. The van der Waals surface area contributed by atoms with Crippen LogP contribution in [0.2, 0.25) is 0 Å². The molecule has 0 unspecified atom stereocenters. The van der Waals surface area contributed by atoms with E-state index in [0.717, 1.165) is 49.1 Å². The minimum atomic E-state index is -0.0101. The van der Waals surface area contributed by atoms with E-state index in [1.165, 1.54) is 0 Å². The van der Waals surface area contributed by atoms with Gasteiger partial charge in [-0.1, -0.05) is 25.1 Å². The van der Waals surface area contributed by atoms with Gasteiger partial charge in [-0.3, -0.25) is 4.79 Å². The number of amides is 1. The molecule has 2 aromatic rings. The molecule has 0 saturated carbocycles. The lowest BCUT2D eigenvalue weighted by atomic mass is 9.97. The molecular weight excluding hydrogens is 300 g/mol. The zero-order chi connectivity index (χ0) is 16.9. The molecule has 0 aliphatic carbocycles. The lowest BCUT2D eigenvalue weighted by molar-refractivity contribution is -0.125. The smallest absolute Gasteiger partial charge is 0.224 e. The summed E-state index contributed by atoms with van der Waals surface area (Å²) in [4.78, 5) is 19.1. The van der Waals surface area contributed by atoms with Crippen LogP contribution >= 0.6 is 0 Å². The Balaban J connectivity index is 1.84. The van der Waals surface area contributed by atoms with Gasteiger partial charge >= 0.3 is 0 Å². The van der Waals surface area contributed by atoms with Gasteiger partial charge in [0.15, 0.2) is 0 Å². The van der Waals surface area contributed by atoms with Crippen LogP contribution in [0.1, 0.15) is 31.7 Å². The first-order valence-corrected chi connectivity index (χ1v) is 8.55. The van der Waals surface area contributed by atoms with Crippen molar-refractivity contribution in [2.45, 2.75) is 26.2 Å². The van der Waals surface area contributed by atoms with Gasteiger partial charge in [-0.05, 0) is 31.4 Å². The Morgan fingerprint density at radius 3 is 3.08 bits per heavy atom. The molecule has 124 valence electrons. The van der Waals surface area contributed by atoms with Gasteiger partial charge in [-0.15, -0.1) is 0 Å². The van der Waals surface area contributed by atoms with Crippen LogP contribution in [0.5, 0.6) is 0 Å². The van der Waals surface area contributed by atoms with E-state index >= 15 is 0 Å². The fourth-order valence-electron chi connectivity index (χ4n) is 3.21. The van der Waals surface area contributed by atoms with Crippen LogP contribution < -0.4 is 10.2 Å². The number of fused-ring (bicyclic) bond motifs is 1. The predicted octanol–water partition coefficient (Wildman–Crippen LogP) is 2.85. The molecule has 5 heteroatoms. The van der Waals surface area contributed by atoms with E-state index in [0.29, 0.717) is 12.1 Å². The lowest BCUT2D eigenvalue weighted by Crippen LogP contribution is -2.43. The molecule has 0 spiro atoms. The van der Waals surface area contributed by atoms with E-state index in [1.54, 1.807) is 0 Å². The lowest BCUT2D eigenvalue weighted by Gasteiger charge is -2.33. The summed E-state index contributed by atoms with van der Waals surface area (Å²) in [6.07, 6.45) is 2.81. The first-order chi connectivity index (χ1) is 11.7. The number of hydrogen-bond donors (Lipinski definition) is 1. The number of piperidine rings is 1. The van der Waals surface area contributed by atoms with Gasteiger partial charge in [0.05, 0.1) is 23.1 Å². The van der Waals surface area contributed by atoms with E-state index in [1.807, 2.05) is 30.3 Å². The summed E-state index contributed by atoms with van der Waals surface area (Å²) in [5, 5.41) is 13.3. The second-order valence-corrected chi connectivity index (χ2v) is 6.23. The average Bonchev–Trinajstić information content (AvgIpc) is 2.65. The number of aromatic nitrogens is 1. The Kier molecular flexibility index (Phi) is 4.95. The molecule has 0 radical (unpaired) electrons. The highest BCUT2D eigenvalue weighted by molar-refractivity contribution is 5.86. The molecule has 1 fully saturated rings. The van der Waals surface area contributed by atoms with Crippen LogP contribution in [-0.4, -0.2) is 30.5 Å². The number of anilines is 1. The minimum Gasteiger partial charge on any atom is -0.356 e. The topological polar surface area (TPSA) is 69.0 Å². The Labute approximate surface area is 142 Å². The third-order valence-electron chi connectivity index (χ3n) is 4.49. The molecule has 3 rings (SSSR count). The number of carbonyl (C=O) groups is 1. The molecule has 1 N–H and O–H groups in total. The number of nitriles is 1. The van der Waals surface area contributed by atoms with Crippen molar-refractivity contribution in [3.63, 3.8) is 0 Å². The zero-order valence-electron chi connectivity index (χ0n) is 14.0. The van der Waals surface area contributed by atoms with Gasteiger partial charge < -0.3 is 10.2 Å². The first-order valence-electron chi connectivity index (χ1n) is 8.55. The maximum Gasteiger partial charge on any atom is 0.224 e. The number of nitrogens with zero attached hydrogens (tertiary/aromatic N) is 3. The Bertz CT molecular complexity index is 781. The summed E-state index contributed by atoms with van der Waals surface area (Å²) >= 11 is 0. The Morgan fingerprint density at radius 1 is 1.46 bits per heavy atom. The largest absolute Gasteiger partial charge is 0.356 e. The molecule has 2 heterocycles. The molecule has 1 atom stereocenters. The highest BCUT2D eigenvalue weighted by Crippen LogP contribution is 2.26. The third kappa shape index (κ3) is 3.33. The molecule has 1 aromatic carbocycles. The second-order valence-electron chi connectivity index (χ2n) is 6.23. The number of nitrogens with one attached hydrogen (secondary N) is 1. The Morgan fingerprint density at radius 2 is 2.29 bits per heavy atom. The summed E-state index contributed by atoms with van der Waals surface area (Å²) in [5.74, 6) is 0.908. The molecule has 24 heavy (non-hydrogen) atoms. The molecule has 5 nitrogen and oxygen atoms in total. The molecule has 0 bridgehead atoms. The van der Waals surface area contributed by atoms with Crippen molar-refractivity contribution in [3.05, 3.63) is 35.9 Å². The average molecular weight is 322 g/mol. The molecular formula is C19H22N4O. The van der Waals surface area contributed by atoms with Crippen molar-refractivity contribution in [2.24, 2.45) is 5.92 Å². The van der Waals surface area contributed by atoms with Crippen LogP contribution in [0.4, 0.5) is 5.82 Å². The van der Waals surface area contributed by atoms with Crippen LogP contribution in [0.3, 0.4) is 0 Å².